The maximum Gasteiger partial charge on any atom is 0.128 e. The first-order valence-corrected chi connectivity index (χ1v) is 6.68. The van der Waals surface area contributed by atoms with Gasteiger partial charge in [-0.05, 0) is 38.3 Å². The van der Waals surface area contributed by atoms with Gasteiger partial charge in [-0.1, -0.05) is 6.07 Å². The van der Waals surface area contributed by atoms with Crippen LogP contribution in [0.3, 0.4) is 0 Å². The first-order valence-electron chi connectivity index (χ1n) is 6.68. The highest BCUT2D eigenvalue weighted by Gasteiger charge is 2.20. The first kappa shape index (κ1) is 13.3. The molecule has 1 aromatic heterocycles. The summed E-state index contributed by atoms with van der Waals surface area (Å²) in [6.45, 7) is 6.84. The van der Waals surface area contributed by atoms with Crippen LogP contribution >= 0.6 is 0 Å². The second-order valence-corrected chi connectivity index (χ2v) is 4.71. The van der Waals surface area contributed by atoms with E-state index in [-0.39, 0.29) is 6.61 Å². The number of anilines is 1. The second kappa shape index (κ2) is 6.16. The van der Waals surface area contributed by atoms with Gasteiger partial charge >= 0.3 is 0 Å². The molecule has 1 saturated heterocycles. The fraction of sp³-hybridized carbons (Fsp3) is 0.643. The second-order valence-electron chi connectivity index (χ2n) is 4.71. The minimum absolute atomic E-state index is 0.0610. The third-order valence-electron chi connectivity index (χ3n) is 3.52. The Labute approximate surface area is 109 Å². The average molecular weight is 250 g/mol. The highest BCUT2D eigenvalue weighted by molar-refractivity contribution is 5.42. The molecule has 0 atom stereocenters. The predicted molar refractivity (Wildman–Crippen MR) is 71.8 cm³/mol. The van der Waals surface area contributed by atoms with Gasteiger partial charge in [0.05, 0.1) is 12.7 Å². The minimum atomic E-state index is 0.0610. The Morgan fingerprint density at radius 1 is 1.39 bits per heavy atom. The van der Waals surface area contributed by atoms with Gasteiger partial charge < -0.3 is 14.7 Å². The van der Waals surface area contributed by atoms with Crippen LogP contribution in [0, 0.1) is 6.92 Å². The van der Waals surface area contributed by atoms with E-state index in [0.29, 0.717) is 6.10 Å². The number of rotatable bonds is 4. The van der Waals surface area contributed by atoms with Gasteiger partial charge in [-0.3, -0.25) is 0 Å². The Bertz CT molecular complexity index is 387. The van der Waals surface area contributed by atoms with E-state index in [4.69, 9.17) is 9.84 Å². The van der Waals surface area contributed by atoms with Gasteiger partial charge in [0.1, 0.15) is 5.82 Å². The fourth-order valence-corrected chi connectivity index (χ4v) is 2.41. The van der Waals surface area contributed by atoms with Crippen molar-refractivity contribution in [3.05, 3.63) is 23.4 Å². The number of aromatic nitrogens is 1. The van der Waals surface area contributed by atoms with Gasteiger partial charge in [0.15, 0.2) is 0 Å². The quantitative estimate of drug-likeness (QED) is 0.886. The van der Waals surface area contributed by atoms with Crippen LogP contribution in [0.1, 0.15) is 31.0 Å². The highest BCUT2D eigenvalue weighted by atomic mass is 16.5. The van der Waals surface area contributed by atoms with E-state index in [9.17, 15) is 0 Å². The average Bonchev–Trinajstić information content (AvgIpc) is 2.40. The topological polar surface area (TPSA) is 45.6 Å². The largest absolute Gasteiger partial charge is 0.392 e. The lowest BCUT2D eigenvalue weighted by Gasteiger charge is -2.32. The SMILES string of the molecule is CCOC1CCN(c2ccc(CO)c(C)n2)CC1. The van der Waals surface area contributed by atoms with Gasteiger partial charge in [-0.15, -0.1) is 0 Å². The van der Waals surface area contributed by atoms with Crippen LogP contribution < -0.4 is 4.90 Å². The highest BCUT2D eigenvalue weighted by Crippen LogP contribution is 2.21. The van der Waals surface area contributed by atoms with Crippen LogP contribution in [-0.2, 0) is 11.3 Å². The van der Waals surface area contributed by atoms with E-state index >= 15 is 0 Å². The summed E-state index contributed by atoms with van der Waals surface area (Å²) in [5.41, 5.74) is 1.82. The van der Waals surface area contributed by atoms with Crippen molar-refractivity contribution in [2.75, 3.05) is 24.6 Å². The van der Waals surface area contributed by atoms with Crippen LogP contribution in [0.15, 0.2) is 12.1 Å². The molecule has 0 aromatic carbocycles. The van der Waals surface area contributed by atoms with Crippen molar-refractivity contribution in [2.45, 2.75) is 39.4 Å². The van der Waals surface area contributed by atoms with Crippen molar-refractivity contribution < 1.29 is 9.84 Å². The number of hydrogen-bond acceptors (Lipinski definition) is 4. The van der Waals surface area contributed by atoms with Crippen molar-refractivity contribution in [2.24, 2.45) is 0 Å². The van der Waals surface area contributed by atoms with Crippen LogP contribution in [0.4, 0.5) is 5.82 Å². The summed E-state index contributed by atoms with van der Waals surface area (Å²) in [6, 6.07) is 3.96. The Hall–Kier alpha value is -1.13. The van der Waals surface area contributed by atoms with Crippen LogP contribution in [-0.4, -0.2) is 35.9 Å². The maximum absolute atomic E-state index is 9.14. The Kier molecular flexibility index (Phi) is 4.55. The van der Waals surface area contributed by atoms with Crippen LogP contribution in [0.25, 0.3) is 0 Å². The molecule has 0 unspecified atom stereocenters. The number of nitrogens with zero attached hydrogens (tertiary/aromatic N) is 2. The third kappa shape index (κ3) is 3.00. The normalized spacial score (nSPS) is 17.2. The van der Waals surface area contributed by atoms with E-state index in [1.54, 1.807) is 0 Å². The number of hydrogen-bond donors (Lipinski definition) is 1. The molecule has 0 saturated carbocycles. The monoisotopic (exact) mass is 250 g/mol. The smallest absolute Gasteiger partial charge is 0.128 e. The predicted octanol–water partition coefficient (Wildman–Crippen LogP) is 1.89. The molecule has 0 aliphatic carbocycles. The summed E-state index contributed by atoms with van der Waals surface area (Å²) in [7, 11) is 0. The molecule has 18 heavy (non-hydrogen) atoms. The first-order chi connectivity index (χ1) is 8.74. The molecule has 1 N–H and O–H groups in total. The van der Waals surface area contributed by atoms with Crippen molar-refractivity contribution in [3.8, 4) is 0 Å². The minimum Gasteiger partial charge on any atom is -0.392 e. The number of ether oxygens (including phenoxy) is 1. The van der Waals surface area contributed by atoms with Crippen molar-refractivity contribution in [1.29, 1.82) is 0 Å². The zero-order valence-electron chi connectivity index (χ0n) is 11.2. The zero-order chi connectivity index (χ0) is 13.0. The van der Waals surface area contributed by atoms with Crippen molar-refractivity contribution >= 4 is 5.82 Å². The van der Waals surface area contributed by atoms with E-state index in [1.807, 2.05) is 26.0 Å². The standard InChI is InChI=1S/C14H22N2O2/c1-3-18-13-6-8-16(9-7-13)14-5-4-12(10-17)11(2)15-14/h4-5,13,17H,3,6-10H2,1-2H3. The number of aliphatic hydroxyl groups is 1. The molecule has 2 rings (SSSR count). The summed E-state index contributed by atoms with van der Waals surface area (Å²) in [6.07, 6.45) is 2.54. The van der Waals surface area contributed by atoms with E-state index in [1.165, 1.54) is 0 Å². The fourth-order valence-electron chi connectivity index (χ4n) is 2.41. The van der Waals surface area contributed by atoms with Crippen molar-refractivity contribution in [1.82, 2.24) is 4.98 Å². The lowest BCUT2D eigenvalue weighted by Crippen LogP contribution is -2.37. The van der Waals surface area contributed by atoms with Gasteiger partial charge in [0.25, 0.3) is 0 Å². The lowest BCUT2D eigenvalue weighted by molar-refractivity contribution is 0.0458. The Morgan fingerprint density at radius 3 is 2.67 bits per heavy atom. The molecule has 100 valence electrons. The van der Waals surface area contributed by atoms with Crippen molar-refractivity contribution in [3.63, 3.8) is 0 Å². The van der Waals surface area contributed by atoms with Gasteiger partial charge in [-0.2, -0.15) is 0 Å². The number of aryl methyl sites for hydroxylation is 1. The maximum atomic E-state index is 9.14. The molecule has 1 aliphatic rings. The summed E-state index contributed by atoms with van der Waals surface area (Å²) in [4.78, 5) is 6.86. The lowest BCUT2D eigenvalue weighted by atomic mass is 10.1. The Morgan fingerprint density at radius 2 is 2.11 bits per heavy atom. The third-order valence-corrected chi connectivity index (χ3v) is 3.52. The number of piperidine rings is 1. The molecule has 1 aliphatic heterocycles. The molecule has 0 amide bonds. The number of pyridine rings is 1. The molecule has 1 fully saturated rings. The van der Waals surface area contributed by atoms with Gasteiger partial charge in [0.2, 0.25) is 0 Å². The van der Waals surface area contributed by atoms with Gasteiger partial charge in [-0.25, -0.2) is 4.98 Å². The molecule has 0 bridgehead atoms. The van der Waals surface area contributed by atoms with E-state index in [0.717, 1.165) is 49.6 Å². The van der Waals surface area contributed by atoms with E-state index < -0.39 is 0 Å². The Balaban J connectivity index is 1.99. The summed E-state index contributed by atoms with van der Waals surface area (Å²) >= 11 is 0. The molecule has 4 heteroatoms. The molecule has 0 spiro atoms. The van der Waals surface area contributed by atoms with Crippen LogP contribution in [0.5, 0.6) is 0 Å². The summed E-state index contributed by atoms with van der Waals surface area (Å²) < 4.78 is 5.65. The van der Waals surface area contributed by atoms with E-state index in [2.05, 4.69) is 9.88 Å². The van der Waals surface area contributed by atoms with Crippen LogP contribution in [0.2, 0.25) is 0 Å². The zero-order valence-corrected chi connectivity index (χ0v) is 11.2. The summed E-state index contributed by atoms with van der Waals surface area (Å²) in [5.74, 6) is 1.01. The molecule has 2 heterocycles. The molecule has 4 nitrogen and oxygen atoms in total. The summed E-state index contributed by atoms with van der Waals surface area (Å²) in [5, 5.41) is 9.14. The molecule has 1 aromatic rings. The van der Waals surface area contributed by atoms with Gasteiger partial charge in [0, 0.05) is 25.4 Å². The molecular weight excluding hydrogens is 228 g/mol. The molecular formula is C14H22N2O2. The molecule has 0 radical (unpaired) electrons. The number of aliphatic hydroxyl groups excluding tert-OH is 1.